The summed E-state index contributed by atoms with van der Waals surface area (Å²) in [6.45, 7) is 1.72. The van der Waals surface area contributed by atoms with Gasteiger partial charge in [-0.15, -0.1) is 0 Å². The SMILES string of the molecule is NS(=O)(=O)c1ccc(N2CCOCC2CO)cc1. The number of benzene rings is 1. The van der Waals surface area contributed by atoms with E-state index in [-0.39, 0.29) is 17.5 Å². The largest absolute Gasteiger partial charge is 0.394 e. The summed E-state index contributed by atoms with van der Waals surface area (Å²) in [5, 5.41) is 14.3. The van der Waals surface area contributed by atoms with E-state index < -0.39 is 10.0 Å². The van der Waals surface area contributed by atoms with Crippen molar-refractivity contribution in [2.24, 2.45) is 5.14 Å². The molecule has 18 heavy (non-hydrogen) atoms. The highest BCUT2D eigenvalue weighted by Gasteiger charge is 2.22. The van der Waals surface area contributed by atoms with E-state index in [4.69, 9.17) is 9.88 Å². The molecule has 1 atom stereocenters. The van der Waals surface area contributed by atoms with E-state index >= 15 is 0 Å². The molecule has 1 aromatic rings. The van der Waals surface area contributed by atoms with Crippen LogP contribution in [-0.4, -0.2) is 45.9 Å². The summed E-state index contributed by atoms with van der Waals surface area (Å²) >= 11 is 0. The molecule has 1 aromatic carbocycles. The van der Waals surface area contributed by atoms with Crippen molar-refractivity contribution in [2.75, 3.05) is 31.3 Å². The number of aliphatic hydroxyl groups excluding tert-OH is 1. The molecule has 0 radical (unpaired) electrons. The summed E-state index contributed by atoms with van der Waals surface area (Å²) in [5.74, 6) is 0. The first-order valence-electron chi connectivity index (χ1n) is 5.60. The Balaban J connectivity index is 2.23. The highest BCUT2D eigenvalue weighted by molar-refractivity contribution is 7.89. The number of primary sulfonamides is 1. The summed E-state index contributed by atoms with van der Waals surface area (Å²) < 4.78 is 27.6. The normalized spacial score (nSPS) is 21.0. The van der Waals surface area contributed by atoms with Crippen molar-refractivity contribution < 1.29 is 18.3 Å². The second kappa shape index (κ2) is 5.23. The molecule has 1 heterocycles. The van der Waals surface area contributed by atoms with E-state index in [2.05, 4.69) is 0 Å². The van der Waals surface area contributed by atoms with E-state index in [0.717, 1.165) is 5.69 Å². The molecular weight excluding hydrogens is 256 g/mol. The maximum absolute atomic E-state index is 11.1. The molecule has 0 saturated carbocycles. The second-order valence-electron chi connectivity index (χ2n) is 4.14. The molecule has 100 valence electrons. The average molecular weight is 272 g/mol. The zero-order chi connectivity index (χ0) is 13.2. The molecule has 1 fully saturated rings. The topological polar surface area (TPSA) is 92.9 Å². The van der Waals surface area contributed by atoms with Crippen LogP contribution >= 0.6 is 0 Å². The molecule has 0 aromatic heterocycles. The fraction of sp³-hybridized carbons (Fsp3) is 0.455. The number of ether oxygens (including phenoxy) is 1. The minimum Gasteiger partial charge on any atom is -0.394 e. The van der Waals surface area contributed by atoms with Crippen LogP contribution in [0.4, 0.5) is 5.69 Å². The number of nitrogens with zero attached hydrogens (tertiary/aromatic N) is 1. The lowest BCUT2D eigenvalue weighted by molar-refractivity contribution is 0.0727. The maximum atomic E-state index is 11.1. The van der Waals surface area contributed by atoms with Gasteiger partial charge in [0.25, 0.3) is 0 Å². The Kier molecular flexibility index (Phi) is 3.86. The zero-order valence-corrected chi connectivity index (χ0v) is 10.6. The summed E-state index contributed by atoms with van der Waals surface area (Å²) in [6, 6.07) is 6.21. The maximum Gasteiger partial charge on any atom is 0.238 e. The third kappa shape index (κ3) is 2.81. The monoisotopic (exact) mass is 272 g/mol. The van der Waals surface area contributed by atoms with Crippen LogP contribution in [0.15, 0.2) is 29.2 Å². The van der Waals surface area contributed by atoms with Crippen LogP contribution in [-0.2, 0) is 14.8 Å². The molecule has 0 spiro atoms. The Hall–Kier alpha value is -1.15. The number of sulfonamides is 1. The van der Waals surface area contributed by atoms with Crippen molar-refractivity contribution in [3.63, 3.8) is 0 Å². The van der Waals surface area contributed by atoms with Gasteiger partial charge in [-0.1, -0.05) is 0 Å². The summed E-state index contributed by atoms with van der Waals surface area (Å²) in [6.07, 6.45) is 0. The third-order valence-electron chi connectivity index (χ3n) is 2.94. The second-order valence-corrected chi connectivity index (χ2v) is 5.71. The quantitative estimate of drug-likeness (QED) is 0.776. The summed E-state index contributed by atoms with van der Waals surface area (Å²) in [4.78, 5) is 2.08. The number of anilines is 1. The van der Waals surface area contributed by atoms with E-state index in [1.807, 2.05) is 4.90 Å². The van der Waals surface area contributed by atoms with Crippen LogP contribution in [0, 0.1) is 0 Å². The number of morpholine rings is 1. The van der Waals surface area contributed by atoms with Crippen LogP contribution in [0.3, 0.4) is 0 Å². The summed E-state index contributed by atoms with van der Waals surface area (Å²) in [5.41, 5.74) is 0.852. The lowest BCUT2D eigenvalue weighted by Gasteiger charge is -2.36. The number of aliphatic hydroxyl groups is 1. The highest BCUT2D eigenvalue weighted by atomic mass is 32.2. The standard InChI is InChI=1S/C11H16N2O4S/c12-18(15,16)11-3-1-9(2-4-11)13-5-6-17-8-10(13)7-14/h1-4,10,14H,5-8H2,(H2,12,15,16). The van der Waals surface area contributed by atoms with Gasteiger partial charge in [0.1, 0.15) is 0 Å². The van der Waals surface area contributed by atoms with E-state index in [9.17, 15) is 13.5 Å². The Morgan fingerprint density at radius 1 is 1.39 bits per heavy atom. The molecule has 0 amide bonds. The van der Waals surface area contributed by atoms with Gasteiger partial charge in [0.2, 0.25) is 10.0 Å². The molecule has 2 rings (SSSR count). The minimum absolute atomic E-state index is 0.00304. The van der Waals surface area contributed by atoms with Gasteiger partial charge in [0, 0.05) is 12.2 Å². The fourth-order valence-electron chi connectivity index (χ4n) is 1.97. The van der Waals surface area contributed by atoms with Crippen molar-refractivity contribution in [3.8, 4) is 0 Å². The number of nitrogens with two attached hydrogens (primary N) is 1. The molecular formula is C11H16N2O4S. The lowest BCUT2D eigenvalue weighted by Crippen LogP contribution is -2.47. The van der Waals surface area contributed by atoms with Gasteiger partial charge in [-0.2, -0.15) is 0 Å². The minimum atomic E-state index is -3.66. The van der Waals surface area contributed by atoms with E-state index in [1.54, 1.807) is 12.1 Å². The van der Waals surface area contributed by atoms with Crippen LogP contribution in [0.2, 0.25) is 0 Å². The summed E-state index contributed by atoms with van der Waals surface area (Å²) in [7, 11) is -3.66. The van der Waals surface area contributed by atoms with Gasteiger partial charge in [-0.25, -0.2) is 13.6 Å². The molecule has 7 heteroatoms. The molecule has 6 nitrogen and oxygen atoms in total. The molecule has 3 N–H and O–H groups in total. The van der Waals surface area contributed by atoms with Crippen LogP contribution < -0.4 is 10.0 Å². The predicted octanol–water partition coefficient (Wildman–Crippen LogP) is -0.468. The van der Waals surface area contributed by atoms with E-state index in [0.29, 0.717) is 19.8 Å². The van der Waals surface area contributed by atoms with Crippen molar-refractivity contribution >= 4 is 15.7 Å². The molecule has 0 bridgehead atoms. The highest BCUT2D eigenvalue weighted by Crippen LogP contribution is 2.21. The van der Waals surface area contributed by atoms with Crippen molar-refractivity contribution in [1.29, 1.82) is 0 Å². The molecule has 1 aliphatic heterocycles. The van der Waals surface area contributed by atoms with Crippen molar-refractivity contribution in [2.45, 2.75) is 10.9 Å². The Morgan fingerprint density at radius 3 is 2.61 bits per heavy atom. The third-order valence-corrected chi connectivity index (χ3v) is 3.86. The Morgan fingerprint density at radius 2 is 2.06 bits per heavy atom. The smallest absolute Gasteiger partial charge is 0.238 e. The first-order valence-corrected chi connectivity index (χ1v) is 7.15. The van der Waals surface area contributed by atoms with Crippen LogP contribution in [0.1, 0.15) is 0 Å². The van der Waals surface area contributed by atoms with Gasteiger partial charge in [-0.3, -0.25) is 0 Å². The van der Waals surface area contributed by atoms with Crippen molar-refractivity contribution in [3.05, 3.63) is 24.3 Å². The Bertz CT molecular complexity index is 500. The van der Waals surface area contributed by atoms with Crippen molar-refractivity contribution in [1.82, 2.24) is 0 Å². The lowest BCUT2D eigenvalue weighted by atomic mass is 10.2. The van der Waals surface area contributed by atoms with Gasteiger partial charge in [0.15, 0.2) is 0 Å². The van der Waals surface area contributed by atoms with Gasteiger partial charge in [-0.05, 0) is 24.3 Å². The predicted molar refractivity (Wildman–Crippen MR) is 66.9 cm³/mol. The van der Waals surface area contributed by atoms with Crippen LogP contribution in [0.5, 0.6) is 0 Å². The zero-order valence-electron chi connectivity index (χ0n) is 9.82. The van der Waals surface area contributed by atoms with Gasteiger partial charge < -0.3 is 14.7 Å². The number of hydrogen-bond acceptors (Lipinski definition) is 5. The number of hydrogen-bond donors (Lipinski definition) is 2. The first-order chi connectivity index (χ1) is 8.52. The molecule has 0 aliphatic carbocycles. The average Bonchev–Trinajstić information content (AvgIpc) is 2.38. The Labute approximate surface area is 106 Å². The molecule has 1 aliphatic rings. The molecule has 1 unspecified atom stereocenters. The van der Waals surface area contributed by atoms with Gasteiger partial charge >= 0.3 is 0 Å². The van der Waals surface area contributed by atoms with E-state index in [1.165, 1.54) is 12.1 Å². The van der Waals surface area contributed by atoms with Crippen LogP contribution in [0.25, 0.3) is 0 Å². The van der Waals surface area contributed by atoms with Gasteiger partial charge in [0.05, 0.1) is 30.8 Å². The molecule has 1 saturated heterocycles. The first kappa shape index (κ1) is 13.3. The number of rotatable bonds is 3. The fourth-order valence-corrected chi connectivity index (χ4v) is 2.49.